The van der Waals surface area contributed by atoms with Gasteiger partial charge in [0.1, 0.15) is 5.70 Å². The third-order valence-electron chi connectivity index (χ3n) is 9.12. The van der Waals surface area contributed by atoms with Crippen molar-refractivity contribution in [3.63, 3.8) is 0 Å². The summed E-state index contributed by atoms with van der Waals surface area (Å²) in [5, 5.41) is 10.9. The quantitative estimate of drug-likeness (QED) is 0.0969. The Hall–Kier alpha value is -3.42. The minimum absolute atomic E-state index is 0.0319. The molecule has 12 nitrogen and oxygen atoms in total. The van der Waals surface area contributed by atoms with Gasteiger partial charge in [-0.3, -0.25) is 24.6 Å². The fourth-order valence-corrected chi connectivity index (χ4v) is 9.26. The molecule has 3 aliphatic rings. The summed E-state index contributed by atoms with van der Waals surface area (Å²) < 4.78 is 11.8. The number of nitro benzene ring substituents is 1. The molecule has 41 heavy (non-hydrogen) atoms. The Labute approximate surface area is 240 Å². The highest BCUT2D eigenvalue weighted by Gasteiger charge is 2.61. The van der Waals surface area contributed by atoms with Crippen molar-refractivity contribution in [2.75, 3.05) is 19.6 Å². The number of carbonyl (C=O) groups is 4. The van der Waals surface area contributed by atoms with Gasteiger partial charge >= 0.3 is 11.9 Å². The van der Waals surface area contributed by atoms with E-state index in [-0.39, 0.29) is 52.7 Å². The van der Waals surface area contributed by atoms with E-state index in [1.807, 2.05) is 18.7 Å². The maximum atomic E-state index is 13.6. The van der Waals surface area contributed by atoms with Crippen LogP contribution in [0, 0.1) is 27.9 Å². The molecule has 0 spiro atoms. The number of carbonyl (C=O) groups excluding carboxylic acids is 4. The first-order chi connectivity index (χ1) is 19.4. The lowest BCUT2D eigenvalue weighted by molar-refractivity contribution is -0.384. The Morgan fingerprint density at radius 3 is 2.20 bits per heavy atom. The number of primary amides is 1. The first-order valence-electron chi connectivity index (χ1n) is 14.1. The number of fused-ring (bicyclic) bond motifs is 1. The smallest absolute Gasteiger partial charge is 0.362 e. The number of nitrogens with two attached hydrogens (primary N) is 1. The van der Waals surface area contributed by atoms with Gasteiger partial charge in [0.05, 0.1) is 34.5 Å². The minimum atomic E-state index is -2.00. The lowest BCUT2D eigenvalue weighted by Crippen LogP contribution is -2.65. The molecule has 4 rings (SSSR count). The second-order valence-corrected chi connectivity index (χ2v) is 16.0. The summed E-state index contributed by atoms with van der Waals surface area (Å²) in [5.41, 5.74) is 5.89. The van der Waals surface area contributed by atoms with Crippen LogP contribution in [0.4, 0.5) is 5.69 Å². The summed E-state index contributed by atoms with van der Waals surface area (Å²) in [6.45, 7) is 11.5. The van der Waals surface area contributed by atoms with E-state index < -0.39 is 31.1 Å². The van der Waals surface area contributed by atoms with Crippen LogP contribution in [0.2, 0.25) is 18.1 Å². The average Bonchev–Trinajstić information content (AvgIpc) is 3.16. The van der Waals surface area contributed by atoms with Crippen LogP contribution in [0.1, 0.15) is 45.0 Å². The van der Waals surface area contributed by atoms with Gasteiger partial charge in [0, 0.05) is 37.7 Å². The van der Waals surface area contributed by atoms with Gasteiger partial charge in [0.2, 0.25) is 11.8 Å². The third-order valence-corrected chi connectivity index (χ3v) is 13.9. The fraction of sp³-hybridized carbons (Fsp3) is 0.571. The number of esters is 2. The predicted octanol–water partition coefficient (Wildman–Crippen LogP) is 2.84. The summed E-state index contributed by atoms with van der Waals surface area (Å²) in [5.74, 6) is -3.49. The Balaban J connectivity index is 1.58. The lowest BCUT2D eigenvalue weighted by atomic mass is 9.77. The van der Waals surface area contributed by atoms with Gasteiger partial charge in [-0.1, -0.05) is 27.7 Å². The van der Waals surface area contributed by atoms with Crippen molar-refractivity contribution in [3.05, 3.63) is 51.2 Å². The number of benzene rings is 1. The maximum Gasteiger partial charge on any atom is 0.362 e. The van der Waals surface area contributed by atoms with E-state index in [1.54, 1.807) is 0 Å². The molecule has 0 saturated carbocycles. The molecule has 0 bridgehead atoms. The number of hydrogen-bond donors (Lipinski definition) is 1. The van der Waals surface area contributed by atoms with Crippen molar-refractivity contribution in [2.45, 2.75) is 64.9 Å². The number of hydrogen-bond acceptors (Lipinski definition) is 9. The number of nitrogens with zero attached hydrogens (tertiary/aromatic N) is 3. The zero-order chi connectivity index (χ0) is 30.2. The highest BCUT2D eigenvalue weighted by molar-refractivity contribution is 6.73. The first kappa shape index (κ1) is 30.5. The zero-order valence-corrected chi connectivity index (χ0v) is 25.1. The molecule has 2 saturated heterocycles. The van der Waals surface area contributed by atoms with Crippen LogP contribution in [-0.2, 0) is 23.5 Å². The molecule has 3 aliphatic heterocycles. The number of likely N-dealkylation sites (tertiary alicyclic amines) is 1. The van der Waals surface area contributed by atoms with Gasteiger partial charge in [-0.2, -0.15) is 0 Å². The van der Waals surface area contributed by atoms with E-state index >= 15 is 0 Å². The molecule has 13 heteroatoms. The highest BCUT2D eigenvalue weighted by Crippen LogP contribution is 2.49. The van der Waals surface area contributed by atoms with E-state index in [1.165, 1.54) is 17.0 Å². The van der Waals surface area contributed by atoms with E-state index in [0.29, 0.717) is 25.2 Å². The van der Waals surface area contributed by atoms with Gasteiger partial charge < -0.3 is 19.8 Å². The van der Waals surface area contributed by atoms with E-state index in [2.05, 4.69) is 20.8 Å². The summed E-state index contributed by atoms with van der Waals surface area (Å²) in [6, 6.07) is 7.22. The zero-order valence-electron chi connectivity index (χ0n) is 24.1. The van der Waals surface area contributed by atoms with Gasteiger partial charge in [0.25, 0.3) is 5.69 Å². The van der Waals surface area contributed by atoms with Crippen molar-refractivity contribution in [1.29, 1.82) is 0 Å². The van der Waals surface area contributed by atoms with Crippen LogP contribution in [0.25, 0.3) is 0 Å². The number of amides is 2. The van der Waals surface area contributed by atoms with Crippen LogP contribution in [0.15, 0.2) is 35.5 Å². The molecular formula is C28H38N4O8Si. The lowest BCUT2D eigenvalue weighted by Gasteiger charge is -2.49. The molecule has 1 aromatic carbocycles. The van der Waals surface area contributed by atoms with E-state index in [0.717, 1.165) is 30.3 Å². The molecule has 222 valence electrons. The number of β-lactam (4-membered cyclic amide) rings is 1. The second kappa shape index (κ2) is 11.8. The molecule has 0 aromatic heterocycles. The Morgan fingerprint density at radius 1 is 1.10 bits per heavy atom. The molecule has 1 unspecified atom stereocenters. The molecule has 2 amide bonds. The van der Waals surface area contributed by atoms with Crippen LogP contribution < -0.4 is 5.73 Å². The largest absolute Gasteiger partial charge is 0.413 e. The Morgan fingerprint density at radius 2 is 1.68 bits per heavy atom. The fourth-order valence-electron chi connectivity index (χ4n) is 6.33. The summed E-state index contributed by atoms with van der Waals surface area (Å²) in [4.78, 5) is 65.2. The molecular weight excluding hydrogens is 548 g/mol. The van der Waals surface area contributed by atoms with Gasteiger partial charge in [0.15, 0.2) is 8.32 Å². The van der Waals surface area contributed by atoms with Crippen molar-refractivity contribution in [1.82, 2.24) is 9.80 Å². The summed E-state index contributed by atoms with van der Waals surface area (Å²) in [7, 11) is -2.00. The molecule has 3 heterocycles. The number of non-ortho nitro benzene ring substituents is 1. The topological polar surface area (TPSA) is 162 Å². The second-order valence-electron chi connectivity index (χ2n) is 11.2. The standard InChI is InChI=1S/C28H38N4O8Si/c1-6-41(7-2,8-3)40-17(5)22-23-16(4)21(15-30-13-19(14-30)25(29)33)24(31(23)26(22)34)28(36)39-27(35)18-9-11-20(12-10-18)32(37)38/h9-12,16-17,19,22-23H,6-8,13-15H2,1-5H3,(H2,29,33)/t16-,17+,22?,23+/m0/s1. The van der Waals surface area contributed by atoms with Gasteiger partial charge in [-0.25, -0.2) is 9.59 Å². The Bertz CT molecular complexity index is 1260. The van der Waals surface area contributed by atoms with Crippen molar-refractivity contribution in [3.8, 4) is 0 Å². The number of ether oxygens (including phenoxy) is 1. The van der Waals surface area contributed by atoms with Crippen molar-refractivity contribution in [2.24, 2.45) is 23.5 Å². The molecule has 2 fully saturated rings. The van der Waals surface area contributed by atoms with Crippen molar-refractivity contribution < 1.29 is 33.3 Å². The number of rotatable bonds is 12. The maximum absolute atomic E-state index is 13.6. The van der Waals surface area contributed by atoms with Crippen LogP contribution >= 0.6 is 0 Å². The van der Waals surface area contributed by atoms with Crippen LogP contribution in [0.3, 0.4) is 0 Å². The third kappa shape index (κ3) is 5.57. The number of nitro groups is 1. The van der Waals surface area contributed by atoms with E-state index in [4.69, 9.17) is 14.9 Å². The van der Waals surface area contributed by atoms with Crippen LogP contribution in [-0.4, -0.2) is 78.6 Å². The monoisotopic (exact) mass is 586 g/mol. The Kier molecular flexibility index (Phi) is 8.80. The van der Waals surface area contributed by atoms with Gasteiger partial charge in [-0.15, -0.1) is 0 Å². The molecule has 1 aromatic rings. The normalized spacial score (nSPS) is 23.5. The molecule has 2 N–H and O–H groups in total. The predicted molar refractivity (Wildman–Crippen MR) is 151 cm³/mol. The molecule has 4 atom stereocenters. The summed E-state index contributed by atoms with van der Waals surface area (Å²) in [6.07, 6.45) is -0.334. The first-order valence-corrected chi connectivity index (χ1v) is 16.7. The average molecular weight is 587 g/mol. The summed E-state index contributed by atoms with van der Waals surface area (Å²) >= 11 is 0. The molecule has 0 aliphatic carbocycles. The minimum Gasteiger partial charge on any atom is -0.413 e. The van der Waals surface area contributed by atoms with Crippen molar-refractivity contribution >= 4 is 37.8 Å². The highest BCUT2D eigenvalue weighted by atomic mass is 28.4. The van der Waals surface area contributed by atoms with Gasteiger partial charge in [-0.05, 0) is 42.8 Å². The SMILES string of the molecule is CC[Si](CC)(CC)O[C@H](C)C1C(=O)N2C(C(=O)OC(=O)c3ccc([N+](=O)[O-])cc3)=C(CN3CC(C(N)=O)C3)[C@H](C)[C@H]12. The van der Waals surface area contributed by atoms with Crippen LogP contribution in [0.5, 0.6) is 0 Å². The van der Waals surface area contributed by atoms with E-state index in [9.17, 15) is 29.3 Å². The molecule has 0 radical (unpaired) electrons.